The van der Waals surface area contributed by atoms with Crippen LogP contribution in [0.4, 0.5) is 0 Å². The van der Waals surface area contributed by atoms with Crippen molar-refractivity contribution in [1.82, 2.24) is 15.2 Å². The van der Waals surface area contributed by atoms with Crippen LogP contribution in [0.2, 0.25) is 0 Å². The van der Waals surface area contributed by atoms with Crippen LogP contribution >= 0.6 is 0 Å². The van der Waals surface area contributed by atoms with Crippen LogP contribution in [0.1, 0.15) is 24.0 Å². The summed E-state index contributed by atoms with van der Waals surface area (Å²) in [7, 11) is -3.61. The predicted octanol–water partition coefficient (Wildman–Crippen LogP) is 1.56. The van der Waals surface area contributed by atoms with Crippen LogP contribution in [0.5, 0.6) is 0 Å². The number of amidine groups is 1. The molecule has 2 aromatic rings. The molecule has 1 N–H and O–H groups in total. The van der Waals surface area contributed by atoms with Crippen molar-refractivity contribution in [3.8, 4) is 0 Å². The average Bonchev–Trinajstić information content (AvgIpc) is 2.98. The van der Waals surface area contributed by atoms with E-state index in [1.54, 1.807) is 30.6 Å². The number of amides is 1. The molecular weight excluding hydrogens is 364 g/mol. The Kier molecular flexibility index (Phi) is 4.65. The van der Waals surface area contributed by atoms with Gasteiger partial charge in [0.1, 0.15) is 4.90 Å². The average molecular weight is 384 g/mol. The summed E-state index contributed by atoms with van der Waals surface area (Å²) in [5.41, 5.74) is 1.61. The second-order valence-electron chi connectivity index (χ2n) is 6.73. The van der Waals surface area contributed by atoms with Gasteiger partial charge < -0.3 is 10.2 Å². The maximum atomic E-state index is 12.4. The molecule has 0 saturated carbocycles. The number of carbonyl (C=O) groups is 1. The van der Waals surface area contributed by atoms with Gasteiger partial charge in [-0.1, -0.05) is 18.2 Å². The first-order valence-corrected chi connectivity index (χ1v) is 10.3. The van der Waals surface area contributed by atoms with Gasteiger partial charge in [0.2, 0.25) is 5.91 Å². The van der Waals surface area contributed by atoms with Gasteiger partial charge in [-0.15, -0.1) is 4.40 Å². The molecule has 0 spiro atoms. The third-order valence-corrected chi connectivity index (χ3v) is 6.29. The SMILES string of the molecule is O=C(NCc1cccnc1)C1CCN(C2=NS(=O)(=O)c3ccccc32)CC1. The number of rotatable bonds is 3. The lowest BCUT2D eigenvalue weighted by atomic mass is 9.95. The number of hydrogen-bond donors (Lipinski definition) is 1. The highest BCUT2D eigenvalue weighted by Gasteiger charge is 2.34. The van der Waals surface area contributed by atoms with E-state index in [4.69, 9.17) is 0 Å². The minimum atomic E-state index is -3.61. The molecule has 27 heavy (non-hydrogen) atoms. The highest BCUT2D eigenvalue weighted by atomic mass is 32.2. The number of piperidine rings is 1. The second-order valence-corrected chi connectivity index (χ2v) is 8.30. The highest BCUT2D eigenvalue weighted by molar-refractivity contribution is 7.90. The molecule has 140 valence electrons. The van der Waals surface area contributed by atoms with Gasteiger partial charge in [0, 0.05) is 43.5 Å². The molecule has 3 heterocycles. The molecule has 7 nitrogen and oxygen atoms in total. The Morgan fingerprint density at radius 1 is 1.15 bits per heavy atom. The Morgan fingerprint density at radius 3 is 2.67 bits per heavy atom. The van der Waals surface area contributed by atoms with E-state index in [1.807, 2.05) is 23.1 Å². The van der Waals surface area contributed by atoms with Gasteiger partial charge in [0.25, 0.3) is 10.0 Å². The van der Waals surface area contributed by atoms with Crippen LogP contribution in [0.25, 0.3) is 0 Å². The van der Waals surface area contributed by atoms with Crippen LogP contribution in [0, 0.1) is 5.92 Å². The van der Waals surface area contributed by atoms with E-state index in [0.29, 0.717) is 43.9 Å². The van der Waals surface area contributed by atoms with Crippen LogP contribution in [-0.4, -0.2) is 43.1 Å². The summed E-state index contributed by atoms with van der Waals surface area (Å²) in [6.45, 7) is 1.67. The third-order valence-electron chi connectivity index (χ3n) is 4.97. The van der Waals surface area contributed by atoms with Gasteiger partial charge in [0.15, 0.2) is 5.84 Å². The number of pyridine rings is 1. The molecule has 2 aliphatic heterocycles. The molecular formula is C19H20N4O3S. The zero-order chi connectivity index (χ0) is 18.9. The first-order valence-electron chi connectivity index (χ1n) is 8.90. The number of carbonyl (C=O) groups excluding carboxylic acids is 1. The summed E-state index contributed by atoms with van der Waals surface area (Å²) >= 11 is 0. The number of hydrogen-bond acceptors (Lipinski definition) is 5. The Morgan fingerprint density at radius 2 is 1.93 bits per heavy atom. The molecule has 2 aliphatic rings. The van der Waals surface area contributed by atoms with Crippen molar-refractivity contribution in [3.05, 3.63) is 59.9 Å². The van der Waals surface area contributed by atoms with E-state index in [0.717, 1.165) is 5.56 Å². The monoisotopic (exact) mass is 384 g/mol. The third kappa shape index (κ3) is 3.57. The van der Waals surface area contributed by atoms with E-state index < -0.39 is 10.0 Å². The minimum absolute atomic E-state index is 0.0277. The largest absolute Gasteiger partial charge is 0.355 e. The summed E-state index contributed by atoms with van der Waals surface area (Å²) in [5, 5.41) is 2.96. The normalized spacial score (nSPS) is 18.7. The molecule has 1 amide bonds. The second kappa shape index (κ2) is 7.11. The number of sulfonamides is 1. The van der Waals surface area contributed by atoms with Gasteiger partial charge in [-0.2, -0.15) is 8.42 Å². The van der Waals surface area contributed by atoms with Crippen LogP contribution in [0.15, 0.2) is 58.1 Å². The molecule has 4 rings (SSSR count). The van der Waals surface area contributed by atoms with E-state index in [-0.39, 0.29) is 16.7 Å². The lowest BCUT2D eigenvalue weighted by Crippen LogP contribution is -2.42. The molecule has 0 radical (unpaired) electrons. The molecule has 1 saturated heterocycles. The maximum Gasteiger partial charge on any atom is 0.285 e. The number of benzene rings is 1. The summed E-state index contributed by atoms with van der Waals surface area (Å²) in [5.74, 6) is 0.450. The van der Waals surface area contributed by atoms with E-state index in [1.165, 1.54) is 0 Å². The van der Waals surface area contributed by atoms with Crippen molar-refractivity contribution in [2.45, 2.75) is 24.3 Å². The fourth-order valence-corrected chi connectivity index (χ4v) is 4.73. The Bertz CT molecular complexity index is 981. The predicted molar refractivity (Wildman–Crippen MR) is 101 cm³/mol. The molecule has 1 aromatic carbocycles. The van der Waals surface area contributed by atoms with Crippen molar-refractivity contribution in [2.75, 3.05) is 13.1 Å². The van der Waals surface area contributed by atoms with Gasteiger partial charge in [-0.25, -0.2) is 0 Å². The number of fused-ring (bicyclic) bond motifs is 1. The Labute approximate surface area is 158 Å². The number of nitrogens with zero attached hydrogens (tertiary/aromatic N) is 3. The summed E-state index contributed by atoms with van der Waals surface area (Å²) in [6.07, 6.45) is 4.77. The molecule has 0 atom stereocenters. The highest BCUT2D eigenvalue weighted by Crippen LogP contribution is 2.29. The van der Waals surface area contributed by atoms with Crippen LogP contribution < -0.4 is 5.32 Å². The quantitative estimate of drug-likeness (QED) is 0.867. The molecule has 0 aliphatic carbocycles. The maximum absolute atomic E-state index is 12.4. The first-order chi connectivity index (χ1) is 13.0. The van der Waals surface area contributed by atoms with E-state index in [9.17, 15) is 13.2 Å². The Hall–Kier alpha value is -2.74. The molecule has 1 fully saturated rings. The van der Waals surface area contributed by atoms with Gasteiger partial charge in [0.05, 0.1) is 0 Å². The zero-order valence-electron chi connectivity index (χ0n) is 14.7. The van der Waals surface area contributed by atoms with Gasteiger partial charge in [-0.05, 0) is 36.6 Å². The van der Waals surface area contributed by atoms with Crippen molar-refractivity contribution < 1.29 is 13.2 Å². The smallest absolute Gasteiger partial charge is 0.285 e. The number of nitrogens with one attached hydrogen (secondary N) is 1. The molecule has 0 unspecified atom stereocenters. The van der Waals surface area contributed by atoms with Crippen molar-refractivity contribution in [2.24, 2.45) is 10.3 Å². The van der Waals surface area contributed by atoms with E-state index in [2.05, 4.69) is 14.7 Å². The summed E-state index contributed by atoms with van der Waals surface area (Å²) < 4.78 is 28.4. The van der Waals surface area contributed by atoms with Crippen molar-refractivity contribution in [3.63, 3.8) is 0 Å². The first kappa shape index (κ1) is 17.7. The molecule has 1 aromatic heterocycles. The molecule has 0 bridgehead atoms. The summed E-state index contributed by atoms with van der Waals surface area (Å²) in [6, 6.07) is 10.6. The van der Waals surface area contributed by atoms with Crippen LogP contribution in [0.3, 0.4) is 0 Å². The van der Waals surface area contributed by atoms with E-state index >= 15 is 0 Å². The van der Waals surface area contributed by atoms with Gasteiger partial charge >= 0.3 is 0 Å². The summed E-state index contributed by atoms with van der Waals surface area (Å²) in [4.78, 5) is 18.7. The fourth-order valence-electron chi connectivity index (χ4n) is 3.51. The standard InChI is InChI=1S/C19H20N4O3S/c24-19(21-13-14-4-3-9-20-12-14)15-7-10-23(11-8-15)18-16-5-1-2-6-17(16)27(25,26)22-18/h1-6,9,12,15H,7-8,10-11,13H2,(H,21,24). The lowest BCUT2D eigenvalue weighted by molar-refractivity contribution is -0.126. The zero-order valence-corrected chi connectivity index (χ0v) is 15.5. The number of aromatic nitrogens is 1. The van der Waals surface area contributed by atoms with Crippen LogP contribution in [-0.2, 0) is 21.4 Å². The Balaban J connectivity index is 1.38. The number of likely N-dealkylation sites (tertiary alicyclic amines) is 1. The molecule has 8 heteroatoms. The topological polar surface area (TPSA) is 91.7 Å². The van der Waals surface area contributed by atoms with Gasteiger partial charge in [-0.3, -0.25) is 9.78 Å². The minimum Gasteiger partial charge on any atom is -0.355 e. The lowest BCUT2D eigenvalue weighted by Gasteiger charge is -2.32. The van der Waals surface area contributed by atoms with Crippen molar-refractivity contribution >= 4 is 21.8 Å². The fraction of sp³-hybridized carbons (Fsp3) is 0.316. The van der Waals surface area contributed by atoms with Crippen molar-refractivity contribution in [1.29, 1.82) is 0 Å².